The van der Waals surface area contributed by atoms with Gasteiger partial charge in [-0.05, 0) is 20.8 Å². The van der Waals surface area contributed by atoms with Crippen molar-refractivity contribution in [2.24, 2.45) is 5.16 Å². The summed E-state index contributed by atoms with van der Waals surface area (Å²) < 4.78 is 5.24. The zero-order valence-corrected chi connectivity index (χ0v) is 9.53. The molecule has 1 atom stereocenters. The molecule has 1 heterocycles. The van der Waals surface area contributed by atoms with Gasteiger partial charge in [0.15, 0.2) is 0 Å². The number of methoxy groups -OCH3 is 1. The Morgan fingerprint density at radius 3 is 2.73 bits per heavy atom. The van der Waals surface area contributed by atoms with Crippen LogP contribution in [0.4, 0.5) is 0 Å². The number of carboxylic acids is 1. The van der Waals surface area contributed by atoms with E-state index in [1.165, 1.54) is 6.92 Å². The van der Waals surface area contributed by atoms with Crippen LogP contribution in [0.2, 0.25) is 0 Å². The maximum Gasteiger partial charge on any atom is 0.351 e. The van der Waals surface area contributed by atoms with Crippen molar-refractivity contribution in [1.82, 2.24) is 0 Å². The molecule has 1 aliphatic rings. The molecule has 1 aliphatic heterocycles. The first-order valence-electron chi connectivity index (χ1n) is 4.81. The van der Waals surface area contributed by atoms with Crippen LogP contribution >= 0.6 is 0 Å². The van der Waals surface area contributed by atoms with Gasteiger partial charge in [0.25, 0.3) is 0 Å². The Balaban J connectivity index is 2.60. The lowest BCUT2D eigenvalue weighted by molar-refractivity contribution is -0.160. The highest BCUT2D eigenvalue weighted by atomic mass is 16.7. The van der Waals surface area contributed by atoms with Gasteiger partial charge in [0, 0.05) is 20.0 Å². The van der Waals surface area contributed by atoms with E-state index in [1.54, 1.807) is 7.11 Å². The van der Waals surface area contributed by atoms with Crippen LogP contribution < -0.4 is 0 Å². The summed E-state index contributed by atoms with van der Waals surface area (Å²) in [7, 11) is 1.62. The van der Waals surface area contributed by atoms with Gasteiger partial charge in [0.05, 0.1) is 11.3 Å². The molecule has 0 saturated carbocycles. The second kappa shape index (κ2) is 3.81. The molecule has 0 fully saturated rings. The first-order valence-corrected chi connectivity index (χ1v) is 4.81. The Morgan fingerprint density at radius 1 is 1.73 bits per heavy atom. The highest BCUT2D eigenvalue weighted by molar-refractivity contribution is 5.93. The van der Waals surface area contributed by atoms with E-state index in [0.29, 0.717) is 12.8 Å². The number of aliphatic carboxylic acids is 1. The Morgan fingerprint density at radius 2 is 2.33 bits per heavy atom. The molecule has 0 saturated heterocycles. The van der Waals surface area contributed by atoms with Crippen LogP contribution in [-0.4, -0.2) is 35.1 Å². The summed E-state index contributed by atoms with van der Waals surface area (Å²) in [4.78, 5) is 15.8. The number of hydrogen-bond donors (Lipinski definition) is 1. The number of hydrogen-bond acceptors (Lipinski definition) is 4. The normalized spacial score (nSPS) is 26.0. The first-order chi connectivity index (χ1) is 6.79. The standard InChI is InChI=1S/C10H17NO4/c1-9(2,14-4)5-7-6-10(3,8(12)13)15-11-7/h5-6H2,1-4H3,(H,12,13). The van der Waals surface area contributed by atoms with Gasteiger partial charge in [-0.15, -0.1) is 0 Å². The predicted octanol–water partition coefficient (Wildman–Crippen LogP) is 1.42. The molecule has 0 radical (unpaired) electrons. The maximum absolute atomic E-state index is 10.9. The largest absolute Gasteiger partial charge is 0.478 e. The highest BCUT2D eigenvalue weighted by Gasteiger charge is 2.42. The van der Waals surface area contributed by atoms with Crippen molar-refractivity contribution >= 4 is 11.7 Å². The molecule has 0 amide bonds. The second-order valence-electron chi connectivity index (χ2n) is 4.60. The molecule has 0 aromatic heterocycles. The summed E-state index contributed by atoms with van der Waals surface area (Å²) in [6, 6.07) is 0. The fraction of sp³-hybridized carbons (Fsp3) is 0.800. The van der Waals surface area contributed by atoms with Crippen molar-refractivity contribution in [1.29, 1.82) is 0 Å². The van der Waals surface area contributed by atoms with Crippen LogP contribution in [0, 0.1) is 0 Å². The molecule has 1 rings (SSSR count). The number of carboxylic acid groups (broad SMARTS) is 1. The van der Waals surface area contributed by atoms with Gasteiger partial charge in [-0.25, -0.2) is 4.79 Å². The van der Waals surface area contributed by atoms with Crippen LogP contribution in [0.25, 0.3) is 0 Å². The summed E-state index contributed by atoms with van der Waals surface area (Å²) in [6.07, 6.45) is 0.890. The number of rotatable bonds is 4. The van der Waals surface area contributed by atoms with E-state index >= 15 is 0 Å². The van der Waals surface area contributed by atoms with Crippen LogP contribution in [0.3, 0.4) is 0 Å². The second-order valence-corrected chi connectivity index (χ2v) is 4.60. The summed E-state index contributed by atoms with van der Waals surface area (Å²) in [5, 5.41) is 12.7. The molecule has 0 aliphatic carbocycles. The lowest BCUT2D eigenvalue weighted by Gasteiger charge is -2.22. The molecule has 5 heteroatoms. The van der Waals surface area contributed by atoms with Crippen molar-refractivity contribution in [3.05, 3.63) is 0 Å². The summed E-state index contributed by atoms with van der Waals surface area (Å²) >= 11 is 0. The maximum atomic E-state index is 10.9. The minimum absolute atomic E-state index is 0.315. The third-order valence-corrected chi connectivity index (χ3v) is 2.55. The average molecular weight is 215 g/mol. The fourth-order valence-corrected chi connectivity index (χ4v) is 1.39. The first kappa shape index (κ1) is 12.0. The van der Waals surface area contributed by atoms with Gasteiger partial charge in [0.2, 0.25) is 5.60 Å². The number of ether oxygens (including phenoxy) is 1. The third kappa shape index (κ3) is 2.68. The minimum atomic E-state index is -1.21. The number of nitrogens with zero attached hydrogens (tertiary/aromatic N) is 1. The quantitative estimate of drug-likeness (QED) is 0.770. The van der Waals surface area contributed by atoms with E-state index < -0.39 is 11.6 Å². The predicted molar refractivity (Wildman–Crippen MR) is 54.9 cm³/mol. The van der Waals surface area contributed by atoms with E-state index in [0.717, 1.165) is 5.71 Å². The summed E-state index contributed by atoms with van der Waals surface area (Å²) in [6.45, 7) is 5.36. The van der Waals surface area contributed by atoms with E-state index in [-0.39, 0.29) is 5.60 Å². The van der Waals surface area contributed by atoms with Crippen molar-refractivity contribution in [2.45, 2.75) is 44.8 Å². The molecule has 86 valence electrons. The molecule has 0 aromatic rings. The molecular formula is C10H17NO4. The zero-order valence-electron chi connectivity index (χ0n) is 9.53. The van der Waals surface area contributed by atoms with Crippen molar-refractivity contribution in [3.63, 3.8) is 0 Å². The van der Waals surface area contributed by atoms with Crippen molar-refractivity contribution < 1.29 is 19.5 Å². The summed E-state index contributed by atoms with van der Waals surface area (Å²) in [5.41, 5.74) is -0.822. The van der Waals surface area contributed by atoms with E-state index in [1.807, 2.05) is 13.8 Å². The Kier molecular flexibility index (Phi) is 3.04. The SMILES string of the molecule is COC(C)(C)CC1=NOC(C)(C(=O)O)C1. The fourth-order valence-electron chi connectivity index (χ4n) is 1.39. The van der Waals surface area contributed by atoms with Crippen molar-refractivity contribution in [2.75, 3.05) is 7.11 Å². The Hall–Kier alpha value is -1.10. The molecule has 0 spiro atoms. The molecule has 5 nitrogen and oxygen atoms in total. The van der Waals surface area contributed by atoms with Crippen LogP contribution in [0.1, 0.15) is 33.6 Å². The molecule has 1 unspecified atom stereocenters. The van der Waals surface area contributed by atoms with Gasteiger partial charge in [-0.1, -0.05) is 5.16 Å². The van der Waals surface area contributed by atoms with Crippen molar-refractivity contribution in [3.8, 4) is 0 Å². The lowest BCUT2D eigenvalue weighted by atomic mass is 9.93. The molecular weight excluding hydrogens is 198 g/mol. The monoisotopic (exact) mass is 215 g/mol. The zero-order chi connectivity index (χ0) is 11.7. The average Bonchev–Trinajstić information content (AvgIpc) is 2.48. The van der Waals surface area contributed by atoms with Crippen LogP contribution in [0.15, 0.2) is 5.16 Å². The third-order valence-electron chi connectivity index (χ3n) is 2.55. The van der Waals surface area contributed by atoms with Gasteiger partial charge in [-0.3, -0.25) is 0 Å². The lowest BCUT2D eigenvalue weighted by Crippen LogP contribution is -2.36. The molecule has 0 aromatic carbocycles. The van der Waals surface area contributed by atoms with Crippen LogP contribution in [-0.2, 0) is 14.4 Å². The van der Waals surface area contributed by atoms with E-state index in [2.05, 4.69) is 5.16 Å². The van der Waals surface area contributed by atoms with Gasteiger partial charge >= 0.3 is 5.97 Å². The Bertz CT molecular complexity index is 298. The molecule has 1 N–H and O–H groups in total. The molecule has 0 bridgehead atoms. The number of oxime groups is 1. The van der Waals surface area contributed by atoms with E-state index in [4.69, 9.17) is 14.7 Å². The van der Waals surface area contributed by atoms with Gasteiger partial charge < -0.3 is 14.7 Å². The Labute approximate surface area is 89.1 Å². The minimum Gasteiger partial charge on any atom is -0.478 e. The summed E-state index contributed by atoms with van der Waals surface area (Å²) in [5.74, 6) is -0.989. The van der Waals surface area contributed by atoms with E-state index in [9.17, 15) is 4.79 Å². The van der Waals surface area contributed by atoms with Gasteiger partial charge in [-0.2, -0.15) is 0 Å². The van der Waals surface area contributed by atoms with Gasteiger partial charge in [0.1, 0.15) is 0 Å². The number of carbonyl (C=O) groups is 1. The topological polar surface area (TPSA) is 68.1 Å². The molecule has 15 heavy (non-hydrogen) atoms. The highest BCUT2D eigenvalue weighted by Crippen LogP contribution is 2.28. The van der Waals surface area contributed by atoms with Crippen LogP contribution in [0.5, 0.6) is 0 Å². The smallest absolute Gasteiger partial charge is 0.351 e.